The first-order valence-electron chi connectivity index (χ1n) is 28.9. The van der Waals surface area contributed by atoms with Crippen molar-refractivity contribution in [2.24, 2.45) is 0 Å². The number of ether oxygens (including phenoxy) is 4. The Hall–Kier alpha value is -1.27. The summed E-state index contributed by atoms with van der Waals surface area (Å²) in [5.74, 6) is -0.235. The number of rotatable bonds is 46. The van der Waals surface area contributed by atoms with Gasteiger partial charge in [0.2, 0.25) is 5.91 Å². The van der Waals surface area contributed by atoms with Crippen molar-refractivity contribution in [1.29, 1.82) is 0 Å². The number of unbranched alkanes of at least 4 members (excludes halogenated alkanes) is 33. The molecule has 2 saturated heterocycles. The summed E-state index contributed by atoms with van der Waals surface area (Å²) < 4.78 is 22.8. The molecule has 9 N–H and O–H groups in total. The Bertz CT molecular complexity index is 1230. The maximum absolute atomic E-state index is 13.2. The lowest BCUT2D eigenvalue weighted by Crippen LogP contribution is -2.65. The van der Waals surface area contributed by atoms with Gasteiger partial charge in [-0.2, -0.15) is 0 Å². The van der Waals surface area contributed by atoms with Gasteiger partial charge in [-0.05, 0) is 19.3 Å². The zero-order valence-corrected chi connectivity index (χ0v) is 44.3. The Balaban J connectivity index is 1.77. The van der Waals surface area contributed by atoms with Crippen molar-refractivity contribution in [2.75, 3.05) is 19.8 Å². The van der Waals surface area contributed by atoms with Crippen LogP contribution in [0.25, 0.3) is 0 Å². The van der Waals surface area contributed by atoms with Crippen molar-refractivity contribution in [1.82, 2.24) is 5.32 Å². The van der Waals surface area contributed by atoms with Crippen LogP contribution in [0.5, 0.6) is 0 Å². The number of amides is 1. The summed E-state index contributed by atoms with van der Waals surface area (Å²) in [5.41, 5.74) is 0. The maximum Gasteiger partial charge on any atom is 0.220 e. The second-order valence-electron chi connectivity index (χ2n) is 20.8. The van der Waals surface area contributed by atoms with Crippen LogP contribution in [0.2, 0.25) is 0 Å². The molecule has 70 heavy (non-hydrogen) atoms. The lowest BCUT2D eigenvalue weighted by Gasteiger charge is -2.46. The lowest BCUT2D eigenvalue weighted by molar-refractivity contribution is -0.359. The molecule has 0 radical (unpaired) electrons. The van der Waals surface area contributed by atoms with E-state index in [9.17, 15) is 45.6 Å². The van der Waals surface area contributed by atoms with Crippen molar-refractivity contribution in [3.8, 4) is 0 Å². The second-order valence-corrected chi connectivity index (χ2v) is 20.8. The maximum atomic E-state index is 13.2. The molecule has 0 saturated carbocycles. The van der Waals surface area contributed by atoms with Crippen molar-refractivity contribution in [2.45, 2.75) is 319 Å². The van der Waals surface area contributed by atoms with Gasteiger partial charge in [0.05, 0.1) is 32.0 Å². The Morgan fingerprint density at radius 3 is 1.31 bits per heavy atom. The van der Waals surface area contributed by atoms with E-state index in [1.807, 2.05) is 6.08 Å². The number of aliphatic hydroxyl groups is 8. The fourth-order valence-electron chi connectivity index (χ4n) is 9.76. The predicted octanol–water partition coefficient (Wildman–Crippen LogP) is 9.11. The number of allylic oxidation sites excluding steroid dienone is 1. The smallest absolute Gasteiger partial charge is 0.220 e. The highest BCUT2D eigenvalue weighted by Crippen LogP contribution is 2.30. The van der Waals surface area contributed by atoms with E-state index in [4.69, 9.17) is 18.9 Å². The molecule has 0 aliphatic carbocycles. The molecule has 0 aromatic carbocycles. The van der Waals surface area contributed by atoms with Gasteiger partial charge in [0.15, 0.2) is 12.6 Å². The van der Waals surface area contributed by atoms with Gasteiger partial charge in [-0.1, -0.05) is 231 Å². The van der Waals surface area contributed by atoms with Crippen molar-refractivity contribution >= 4 is 5.91 Å². The first-order chi connectivity index (χ1) is 34.1. The van der Waals surface area contributed by atoms with Crippen molar-refractivity contribution < 1.29 is 64.6 Å². The molecule has 12 atom stereocenters. The van der Waals surface area contributed by atoms with Crippen LogP contribution in [0.15, 0.2) is 12.2 Å². The summed E-state index contributed by atoms with van der Waals surface area (Å²) in [6, 6.07) is -0.908. The molecule has 0 aromatic heterocycles. The van der Waals surface area contributed by atoms with Gasteiger partial charge in [0, 0.05) is 6.42 Å². The normalized spacial score (nSPS) is 26.0. The Kier molecular flexibility index (Phi) is 39.9. The number of hydrogen-bond acceptors (Lipinski definition) is 13. The van der Waals surface area contributed by atoms with E-state index >= 15 is 0 Å². The van der Waals surface area contributed by atoms with Crippen LogP contribution in [0.3, 0.4) is 0 Å². The number of carbonyl (C=O) groups is 1. The average Bonchev–Trinajstić information content (AvgIpc) is 3.36. The van der Waals surface area contributed by atoms with Gasteiger partial charge in [-0.25, -0.2) is 0 Å². The van der Waals surface area contributed by atoms with E-state index in [2.05, 4.69) is 19.2 Å². The second kappa shape index (κ2) is 43.0. The van der Waals surface area contributed by atoms with E-state index in [1.165, 1.54) is 180 Å². The number of nitrogens with one attached hydrogen (secondary N) is 1. The third-order valence-electron chi connectivity index (χ3n) is 14.5. The van der Waals surface area contributed by atoms with Crippen LogP contribution < -0.4 is 5.32 Å². The summed E-state index contributed by atoms with van der Waals surface area (Å²) in [6.45, 7) is 2.82. The summed E-state index contributed by atoms with van der Waals surface area (Å²) >= 11 is 0. The van der Waals surface area contributed by atoms with Crippen LogP contribution in [0.1, 0.15) is 245 Å². The molecule has 0 aromatic rings. The van der Waals surface area contributed by atoms with E-state index < -0.39 is 86.8 Å². The largest absolute Gasteiger partial charge is 0.394 e. The number of hydrogen-bond donors (Lipinski definition) is 9. The summed E-state index contributed by atoms with van der Waals surface area (Å²) in [7, 11) is 0. The molecule has 2 fully saturated rings. The van der Waals surface area contributed by atoms with Gasteiger partial charge < -0.3 is 65.1 Å². The van der Waals surface area contributed by atoms with Crippen molar-refractivity contribution in [3.63, 3.8) is 0 Å². The summed E-state index contributed by atoms with van der Waals surface area (Å²) in [6.07, 6.45) is 31.0. The molecular weight excluding hydrogens is 895 g/mol. The fraction of sp³-hybridized carbons (Fsp3) is 0.946. The van der Waals surface area contributed by atoms with Crippen LogP contribution in [-0.2, 0) is 23.7 Å². The zero-order chi connectivity index (χ0) is 51.0. The van der Waals surface area contributed by atoms with E-state index in [0.717, 1.165) is 38.5 Å². The first kappa shape index (κ1) is 64.8. The number of carbonyl (C=O) groups excluding carboxylic acids is 1. The van der Waals surface area contributed by atoms with Gasteiger partial charge in [0.1, 0.15) is 48.8 Å². The molecule has 0 spiro atoms. The fourth-order valence-corrected chi connectivity index (χ4v) is 9.76. The van der Waals surface area contributed by atoms with Crippen LogP contribution in [0.4, 0.5) is 0 Å². The molecule has 414 valence electrons. The molecule has 2 rings (SSSR count). The van der Waals surface area contributed by atoms with Crippen LogP contribution in [-0.4, -0.2) is 140 Å². The molecule has 14 nitrogen and oxygen atoms in total. The highest BCUT2D eigenvalue weighted by Gasteiger charge is 2.51. The Morgan fingerprint density at radius 2 is 0.886 bits per heavy atom. The minimum Gasteiger partial charge on any atom is -0.394 e. The average molecular weight is 1000 g/mol. The lowest BCUT2D eigenvalue weighted by atomic mass is 9.97. The molecule has 2 aliphatic heterocycles. The number of aliphatic hydroxyl groups excluding tert-OH is 8. The zero-order valence-electron chi connectivity index (χ0n) is 44.3. The third kappa shape index (κ3) is 29.0. The predicted molar refractivity (Wildman–Crippen MR) is 277 cm³/mol. The van der Waals surface area contributed by atoms with Crippen LogP contribution in [0, 0.1) is 0 Å². The SMILES string of the molecule is CCCCCCCCCCCCCCC/C=C/C(O)C(COC1OC(CO)C(OC2OC(CO)C(O)C(O)C2O)C(O)C1O)NC(=O)CCCCCCCCCCCCCCCCCCCCCCC. The van der Waals surface area contributed by atoms with Crippen molar-refractivity contribution in [3.05, 3.63) is 12.2 Å². The monoisotopic (exact) mass is 1000 g/mol. The van der Waals surface area contributed by atoms with E-state index in [0.29, 0.717) is 6.42 Å². The van der Waals surface area contributed by atoms with Gasteiger partial charge in [0.25, 0.3) is 0 Å². The van der Waals surface area contributed by atoms with Gasteiger partial charge >= 0.3 is 0 Å². The highest BCUT2D eigenvalue weighted by molar-refractivity contribution is 5.76. The summed E-state index contributed by atoms with van der Waals surface area (Å²) in [5, 5.41) is 87.0. The molecule has 12 unspecified atom stereocenters. The van der Waals surface area contributed by atoms with E-state index in [1.54, 1.807) is 6.08 Å². The van der Waals surface area contributed by atoms with Gasteiger partial charge in [-0.15, -0.1) is 0 Å². The van der Waals surface area contributed by atoms with Gasteiger partial charge in [-0.3, -0.25) is 4.79 Å². The standard InChI is InChI=1S/C56H107NO13/c1-3-5-7-9-11-13-15-17-19-20-21-22-23-24-26-28-30-32-34-36-38-40-48(61)57-44(45(60)39-37-35-33-31-29-27-25-18-16-14-12-10-8-6-4-2)43-67-55-53(66)51(64)54(47(42-59)69-55)70-56-52(65)50(63)49(62)46(41-58)68-56/h37,39,44-47,49-56,58-60,62-66H,3-36,38,40-43H2,1-2H3,(H,57,61)/b39-37+. The minimum absolute atomic E-state index is 0.235. The summed E-state index contributed by atoms with van der Waals surface area (Å²) in [4.78, 5) is 13.2. The Labute approximate surface area is 425 Å². The highest BCUT2D eigenvalue weighted by atomic mass is 16.7. The molecular formula is C56H107NO13. The van der Waals surface area contributed by atoms with E-state index in [-0.39, 0.29) is 18.9 Å². The molecule has 2 aliphatic rings. The molecule has 2 heterocycles. The molecule has 14 heteroatoms. The Morgan fingerprint density at radius 1 is 0.500 bits per heavy atom. The van der Waals surface area contributed by atoms with Crippen LogP contribution >= 0.6 is 0 Å². The molecule has 0 bridgehead atoms. The topological polar surface area (TPSA) is 228 Å². The first-order valence-corrected chi connectivity index (χ1v) is 28.9. The minimum atomic E-state index is -1.78. The quantitative estimate of drug-likeness (QED) is 0.0205. The molecule has 1 amide bonds. The third-order valence-corrected chi connectivity index (χ3v) is 14.5.